The minimum absolute atomic E-state index is 0.158. The molecule has 1 aliphatic rings. The molecule has 0 radical (unpaired) electrons. The Hall–Kier alpha value is -1.77. The van der Waals surface area contributed by atoms with Gasteiger partial charge in [-0.2, -0.15) is 0 Å². The average molecular weight is 203 g/mol. The topological polar surface area (TPSA) is 29.5 Å². The standard InChI is InChI=1S/C12H13NO2/c1-15-11-6-4-10(5-7-11)9-13-8-2-3-12(13)14/h2,4-8H,3,9H2,1H3. The van der Waals surface area contributed by atoms with Gasteiger partial charge in [-0.25, -0.2) is 0 Å². The summed E-state index contributed by atoms with van der Waals surface area (Å²) in [5.74, 6) is 0.993. The normalized spacial score (nSPS) is 14.7. The molecule has 0 fully saturated rings. The number of ether oxygens (including phenoxy) is 1. The van der Waals surface area contributed by atoms with Gasteiger partial charge in [-0.05, 0) is 17.7 Å². The highest BCUT2D eigenvalue weighted by molar-refractivity contribution is 5.81. The van der Waals surface area contributed by atoms with E-state index in [9.17, 15) is 4.79 Å². The van der Waals surface area contributed by atoms with Crippen LogP contribution in [0.15, 0.2) is 36.5 Å². The molecule has 3 nitrogen and oxygen atoms in total. The Labute approximate surface area is 89.0 Å². The largest absolute Gasteiger partial charge is 0.497 e. The summed E-state index contributed by atoms with van der Waals surface area (Å²) in [6.45, 7) is 0.638. The molecule has 3 heteroatoms. The molecule has 1 heterocycles. The molecular weight excluding hydrogens is 190 g/mol. The predicted octanol–water partition coefficient (Wildman–Crippen LogP) is 1.94. The second kappa shape index (κ2) is 4.17. The van der Waals surface area contributed by atoms with E-state index in [2.05, 4.69) is 0 Å². The minimum Gasteiger partial charge on any atom is -0.497 e. The summed E-state index contributed by atoms with van der Waals surface area (Å²) in [5.41, 5.74) is 1.11. The molecule has 0 aromatic heterocycles. The van der Waals surface area contributed by atoms with E-state index in [1.165, 1.54) is 0 Å². The third-order valence-corrected chi connectivity index (χ3v) is 2.41. The van der Waals surface area contributed by atoms with Crippen molar-refractivity contribution in [1.29, 1.82) is 0 Å². The summed E-state index contributed by atoms with van der Waals surface area (Å²) >= 11 is 0. The maximum Gasteiger partial charge on any atom is 0.230 e. The lowest BCUT2D eigenvalue weighted by molar-refractivity contribution is -0.127. The predicted molar refractivity (Wildman–Crippen MR) is 57.3 cm³/mol. The van der Waals surface area contributed by atoms with Gasteiger partial charge in [0.15, 0.2) is 0 Å². The summed E-state index contributed by atoms with van der Waals surface area (Å²) in [6, 6.07) is 7.75. The van der Waals surface area contributed by atoms with E-state index in [0.29, 0.717) is 13.0 Å². The smallest absolute Gasteiger partial charge is 0.230 e. The van der Waals surface area contributed by atoms with Crippen LogP contribution in [0.3, 0.4) is 0 Å². The van der Waals surface area contributed by atoms with Gasteiger partial charge >= 0.3 is 0 Å². The number of carbonyl (C=O) groups is 1. The monoisotopic (exact) mass is 203 g/mol. The molecule has 1 amide bonds. The first kappa shape index (κ1) is 9.77. The maximum atomic E-state index is 11.3. The highest BCUT2D eigenvalue weighted by atomic mass is 16.5. The van der Waals surface area contributed by atoms with Crippen LogP contribution in [0.25, 0.3) is 0 Å². The lowest BCUT2D eigenvalue weighted by Crippen LogP contribution is -2.20. The number of hydrogen-bond acceptors (Lipinski definition) is 2. The molecule has 0 spiro atoms. The van der Waals surface area contributed by atoms with Crippen molar-refractivity contribution in [3.8, 4) is 5.75 Å². The van der Waals surface area contributed by atoms with Crippen LogP contribution in [0, 0.1) is 0 Å². The first-order valence-electron chi connectivity index (χ1n) is 4.88. The van der Waals surface area contributed by atoms with Crippen LogP contribution >= 0.6 is 0 Å². The molecule has 15 heavy (non-hydrogen) atoms. The molecule has 0 atom stereocenters. The number of carbonyl (C=O) groups excluding carboxylic acids is 1. The van der Waals surface area contributed by atoms with Crippen molar-refractivity contribution in [3.05, 3.63) is 42.1 Å². The van der Waals surface area contributed by atoms with Crippen molar-refractivity contribution in [2.45, 2.75) is 13.0 Å². The first-order chi connectivity index (χ1) is 7.29. The highest BCUT2D eigenvalue weighted by Crippen LogP contribution is 2.15. The van der Waals surface area contributed by atoms with Gasteiger partial charge in [0.1, 0.15) is 5.75 Å². The first-order valence-corrected chi connectivity index (χ1v) is 4.88. The lowest BCUT2D eigenvalue weighted by atomic mass is 10.2. The molecule has 0 aliphatic carbocycles. The van der Waals surface area contributed by atoms with Gasteiger partial charge in [-0.1, -0.05) is 18.2 Å². The third-order valence-electron chi connectivity index (χ3n) is 2.41. The van der Waals surface area contributed by atoms with E-state index >= 15 is 0 Å². The number of amides is 1. The van der Waals surface area contributed by atoms with E-state index < -0.39 is 0 Å². The van der Waals surface area contributed by atoms with E-state index in [1.54, 1.807) is 12.0 Å². The van der Waals surface area contributed by atoms with Crippen molar-refractivity contribution in [2.24, 2.45) is 0 Å². The van der Waals surface area contributed by atoms with Gasteiger partial charge in [0.05, 0.1) is 13.7 Å². The maximum absolute atomic E-state index is 11.3. The zero-order valence-electron chi connectivity index (χ0n) is 8.64. The molecular formula is C12H13NO2. The van der Waals surface area contributed by atoms with Crippen molar-refractivity contribution in [2.75, 3.05) is 7.11 Å². The Balaban J connectivity index is 2.04. The number of nitrogens with zero attached hydrogens (tertiary/aromatic N) is 1. The molecule has 1 aromatic carbocycles. The fraction of sp³-hybridized carbons (Fsp3) is 0.250. The Bertz CT molecular complexity index is 381. The van der Waals surface area contributed by atoms with E-state index in [-0.39, 0.29) is 5.91 Å². The van der Waals surface area contributed by atoms with Crippen molar-refractivity contribution in [3.63, 3.8) is 0 Å². The highest BCUT2D eigenvalue weighted by Gasteiger charge is 2.14. The molecule has 0 saturated heterocycles. The van der Waals surface area contributed by atoms with Crippen LogP contribution < -0.4 is 4.74 Å². The van der Waals surface area contributed by atoms with Gasteiger partial charge in [-0.15, -0.1) is 0 Å². The second-order valence-corrected chi connectivity index (χ2v) is 3.46. The SMILES string of the molecule is COc1ccc(CN2C=CCC2=O)cc1. The number of benzene rings is 1. The Morgan fingerprint density at radius 3 is 2.60 bits per heavy atom. The van der Waals surface area contributed by atoms with E-state index in [0.717, 1.165) is 11.3 Å². The summed E-state index contributed by atoms with van der Waals surface area (Å²) in [4.78, 5) is 13.1. The molecule has 1 aliphatic heterocycles. The van der Waals surface area contributed by atoms with Crippen molar-refractivity contribution < 1.29 is 9.53 Å². The molecule has 1 aromatic rings. The minimum atomic E-state index is 0.158. The third kappa shape index (κ3) is 2.18. The Morgan fingerprint density at radius 2 is 2.07 bits per heavy atom. The molecule has 0 unspecified atom stereocenters. The number of rotatable bonds is 3. The molecule has 0 N–H and O–H groups in total. The quantitative estimate of drug-likeness (QED) is 0.751. The molecule has 0 saturated carbocycles. The van der Waals surface area contributed by atoms with Gasteiger partial charge in [0.2, 0.25) is 5.91 Å². The fourth-order valence-electron chi connectivity index (χ4n) is 1.55. The van der Waals surface area contributed by atoms with E-state index in [1.807, 2.05) is 36.5 Å². The molecule has 0 bridgehead atoms. The molecule has 78 valence electrons. The van der Waals surface area contributed by atoms with Crippen molar-refractivity contribution >= 4 is 5.91 Å². The van der Waals surface area contributed by atoms with Crippen LogP contribution in [0.2, 0.25) is 0 Å². The summed E-state index contributed by atoms with van der Waals surface area (Å²) in [7, 11) is 1.64. The van der Waals surface area contributed by atoms with Crippen LogP contribution in [-0.2, 0) is 11.3 Å². The zero-order valence-corrected chi connectivity index (χ0v) is 8.64. The Morgan fingerprint density at radius 1 is 1.33 bits per heavy atom. The van der Waals surface area contributed by atoms with Crippen molar-refractivity contribution in [1.82, 2.24) is 4.90 Å². The summed E-state index contributed by atoms with van der Waals surface area (Å²) in [5, 5.41) is 0. The summed E-state index contributed by atoms with van der Waals surface area (Å²) in [6.07, 6.45) is 4.24. The second-order valence-electron chi connectivity index (χ2n) is 3.46. The van der Waals surface area contributed by atoms with Gasteiger partial charge in [0, 0.05) is 12.6 Å². The van der Waals surface area contributed by atoms with Crippen LogP contribution in [0.1, 0.15) is 12.0 Å². The zero-order chi connectivity index (χ0) is 10.7. The number of hydrogen-bond donors (Lipinski definition) is 0. The fourth-order valence-corrected chi connectivity index (χ4v) is 1.55. The van der Waals surface area contributed by atoms with Crippen LogP contribution in [0.5, 0.6) is 5.75 Å². The summed E-state index contributed by atoms with van der Waals surface area (Å²) < 4.78 is 5.07. The Kier molecular flexibility index (Phi) is 2.72. The van der Waals surface area contributed by atoms with E-state index in [4.69, 9.17) is 4.74 Å². The van der Waals surface area contributed by atoms with Crippen LogP contribution in [-0.4, -0.2) is 17.9 Å². The van der Waals surface area contributed by atoms with Gasteiger partial charge < -0.3 is 9.64 Å². The average Bonchev–Trinajstić information content (AvgIpc) is 2.66. The lowest BCUT2D eigenvalue weighted by Gasteiger charge is -2.13. The van der Waals surface area contributed by atoms with Gasteiger partial charge in [0.25, 0.3) is 0 Å². The van der Waals surface area contributed by atoms with Crippen LogP contribution in [0.4, 0.5) is 0 Å². The number of methoxy groups -OCH3 is 1. The van der Waals surface area contributed by atoms with Gasteiger partial charge in [-0.3, -0.25) is 4.79 Å². The molecule has 2 rings (SSSR count).